The van der Waals surface area contributed by atoms with Crippen molar-refractivity contribution in [2.45, 2.75) is 58.0 Å². The van der Waals surface area contributed by atoms with Crippen LogP contribution in [0.2, 0.25) is 0 Å². The molecular formula is C14H22OS. The Morgan fingerprint density at radius 3 is 2.62 bits per heavy atom. The average molecular weight is 238 g/mol. The van der Waals surface area contributed by atoms with E-state index in [4.69, 9.17) is 0 Å². The molecule has 0 aromatic carbocycles. The minimum atomic E-state index is -0.201. The Labute approximate surface area is 103 Å². The molecule has 1 heterocycles. The van der Waals surface area contributed by atoms with Crippen LogP contribution in [0.1, 0.15) is 62.0 Å². The Morgan fingerprint density at radius 2 is 2.00 bits per heavy atom. The van der Waals surface area contributed by atoms with Crippen LogP contribution >= 0.6 is 11.3 Å². The van der Waals surface area contributed by atoms with Crippen LogP contribution in [0.5, 0.6) is 0 Å². The minimum Gasteiger partial charge on any atom is -0.387 e. The molecule has 2 rings (SSSR count). The Balaban J connectivity index is 2.07. The summed E-state index contributed by atoms with van der Waals surface area (Å²) in [6.07, 6.45) is 8.58. The fourth-order valence-electron chi connectivity index (χ4n) is 2.74. The lowest BCUT2D eigenvalue weighted by Crippen LogP contribution is -2.12. The van der Waals surface area contributed by atoms with E-state index in [1.54, 1.807) is 11.3 Å². The van der Waals surface area contributed by atoms with Crippen LogP contribution in [0.4, 0.5) is 0 Å². The first-order chi connectivity index (χ1) is 7.83. The highest BCUT2D eigenvalue weighted by molar-refractivity contribution is 7.10. The summed E-state index contributed by atoms with van der Waals surface area (Å²) in [7, 11) is 0. The van der Waals surface area contributed by atoms with E-state index in [-0.39, 0.29) is 6.10 Å². The van der Waals surface area contributed by atoms with Gasteiger partial charge in [-0.2, -0.15) is 0 Å². The maximum Gasteiger partial charge on any atom is 0.0912 e. The second-order valence-electron chi connectivity index (χ2n) is 4.86. The normalized spacial score (nSPS) is 20.6. The van der Waals surface area contributed by atoms with Crippen LogP contribution in [0.25, 0.3) is 0 Å². The molecule has 1 N–H and O–H groups in total. The molecule has 1 fully saturated rings. The van der Waals surface area contributed by atoms with E-state index in [2.05, 4.69) is 18.4 Å². The Kier molecular flexibility index (Phi) is 4.42. The van der Waals surface area contributed by atoms with Gasteiger partial charge in [0.05, 0.1) is 6.10 Å². The molecular weight excluding hydrogens is 216 g/mol. The molecule has 1 nitrogen and oxygen atoms in total. The van der Waals surface area contributed by atoms with Crippen molar-refractivity contribution in [1.82, 2.24) is 0 Å². The van der Waals surface area contributed by atoms with Crippen LogP contribution in [0.15, 0.2) is 11.4 Å². The number of aliphatic hydroxyl groups is 1. The number of rotatable bonds is 3. The van der Waals surface area contributed by atoms with Crippen molar-refractivity contribution in [2.24, 2.45) is 5.92 Å². The topological polar surface area (TPSA) is 20.2 Å². The molecule has 1 saturated carbocycles. The van der Waals surface area contributed by atoms with Crippen LogP contribution in [0.3, 0.4) is 0 Å². The highest BCUT2D eigenvalue weighted by atomic mass is 32.1. The highest BCUT2D eigenvalue weighted by Crippen LogP contribution is 2.37. The average Bonchev–Trinajstić information content (AvgIpc) is 2.61. The van der Waals surface area contributed by atoms with Gasteiger partial charge in [0.1, 0.15) is 0 Å². The lowest BCUT2D eigenvalue weighted by atomic mass is 9.91. The molecule has 16 heavy (non-hydrogen) atoms. The van der Waals surface area contributed by atoms with E-state index >= 15 is 0 Å². The van der Waals surface area contributed by atoms with Gasteiger partial charge in [-0.3, -0.25) is 0 Å². The molecule has 0 radical (unpaired) electrons. The Bertz CT molecular complexity index is 310. The van der Waals surface area contributed by atoms with Crippen LogP contribution in [-0.2, 0) is 6.42 Å². The lowest BCUT2D eigenvalue weighted by molar-refractivity contribution is 0.101. The molecule has 0 aliphatic heterocycles. The van der Waals surface area contributed by atoms with Gasteiger partial charge in [0, 0.05) is 4.88 Å². The third kappa shape index (κ3) is 2.67. The maximum absolute atomic E-state index is 10.5. The molecule has 1 atom stereocenters. The van der Waals surface area contributed by atoms with Gasteiger partial charge >= 0.3 is 0 Å². The summed E-state index contributed by atoms with van der Waals surface area (Å²) >= 11 is 1.73. The molecule has 0 amide bonds. The summed E-state index contributed by atoms with van der Waals surface area (Å²) in [6.45, 7) is 2.17. The second kappa shape index (κ2) is 5.83. The van der Waals surface area contributed by atoms with Gasteiger partial charge in [-0.1, -0.05) is 32.6 Å². The number of hydrogen-bond acceptors (Lipinski definition) is 2. The fourth-order valence-corrected chi connectivity index (χ4v) is 3.81. The number of aliphatic hydroxyl groups excluding tert-OH is 1. The quantitative estimate of drug-likeness (QED) is 0.778. The Morgan fingerprint density at radius 1 is 1.31 bits per heavy atom. The van der Waals surface area contributed by atoms with Crippen molar-refractivity contribution in [1.29, 1.82) is 0 Å². The number of hydrogen-bond donors (Lipinski definition) is 1. The van der Waals surface area contributed by atoms with Crippen molar-refractivity contribution < 1.29 is 5.11 Å². The summed E-state index contributed by atoms with van der Waals surface area (Å²) in [5.74, 6) is 0.506. The van der Waals surface area contributed by atoms with Gasteiger partial charge < -0.3 is 5.11 Å². The van der Waals surface area contributed by atoms with Crippen LogP contribution in [-0.4, -0.2) is 5.11 Å². The van der Waals surface area contributed by atoms with Crippen molar-refractivity contribution in [3.05, 3.63) is 21.9 Å². The molecule has 1 unspecified atom stereocenters. The van der Waals surface area contributed by atoms with E-state index in [1.165, 1.54) is 49.0 Å². The second-order valence-corrected chi connectivity index (χ2v) is 5.81. The van der Waals surface area contributed by atoms with Crippen molar-refractivity contribution in [2.75, 3.05) is 0 Å². The molecule has 0 saturated heterocycles. The van der Waals surface area contributed by atoms with Gasteiger partial charge in [0.25, 0.3) is 0 Å². The van der Waals surface area contributed by atoms with Crippen molar-refractivity contribution in [3.63, 3.8) is 0 Å². The molecule has 0 bridgehead atoms. The standard InChI is InChI=1S/C14H22OS/c1-2-11-9-10-16-14(11)13(15)12-7-5-3-4-6-8-12/h9-10,12-13,15H,2-8H2,1H3. The molecule has 1 aliphatic carbocycles. The van der Waals surface area contributed by atoms with E-state index in [0.29, 0.717) is 5.92 Å². The molecule has 1 aliphatic rings. The van der Waals surface area contributed by atoms with Gasteiger partial charge in [-0.15, -0.1) is 11.3 Å². The third-order valence-electron chi connectivity index (χ3n) is 3.78. The maximum atomic E-state index is 10.5. The first-order valence-corrected chi connectivity index (χ1v) is 7.45. The van der Waals surface area contributed by atoms with E-state index < -0.39 is 0 Å². The first-order valence-electron chi connectivity index (χ1n) is 6.57. The van der Waals surface area contributed by atoms with Crippen LogP contribution in [0, 0.1) is 5.92 Å². The SMILES string of the molecule is CCc1ccsc1C(O)C1CCCCCC1. The third-order valence-corrected chi connectivity index (χ3v) is 4.81. The predicted molar refractivity (Wildman–Crippen MR) is 69.8 cm³/mol. The van der Waals surface area contributed by atoms with Crippen molar-refractivity contribution >= 4 is 11.3 Å². The summed E-state index contributed by atoms with van der Waals surface area (Å²) < 4.78 is 0. The first kappa shape index (κ1) is 12.1. The monoisotopic (exact) mass is 238 g/mol. The minimum absolute atomic E-state index is 0.201. The zero-order chi connectivity index (χ0) is 11.4. The number of aryl methyl sites for hydroxylation is 1. The van der Waals surface area contributed by atoms with E-state index in [1.807, 2.05) is 0 Å². The van der Waals surface area contributed by atoms with Gasteiger partial charge in [-0.05, 0) is 42.2 Å². The lowest BCUT2D eigenvalue weighted by Gasteiger charge is -2.21. The zero-order valence-corrected chi connectivity index (χ0v) is 10.9. The zero-order valence-electron chi connectivity index (χ0n) is 10.1. The van der Waals surface area contributed by atoms with Gasteiger partial charge in [-0.25, -0.2) is 0 Å². The molecule has 2 heteroatoms. The molecule has 1 aromatic rings. The van der Waals surface area contributed by atoms with E-state index in [0.717, 1.165) is 6.42 Å². The van der Waals surface area contributed by atoms with Gasteiger partial charge in [0.2, 0.25) is 0 Å². The summed E-state index contributed by atoms with van der Waals surface area (Å²) in [4.78, 5) is 1.23. The fraction of sp³-hybridized carbons (Fsp3) is 0.714. The summed E-state index contributed by atoms with van der Waals surface area (Å²) in [6, 6.07) is 2.17. The van der Waals surface area contributed by atoms with Gasteiger partial charge in [0.15, 0.2) is 0 Å². The molecule has 90 valence electrons. The molecule has 1 aromatic heterocycles. The van der Waals surface area contributed by atoms with Crippen LogP contribution < -0.4 is 0 Å². The smallest absolute Gasteiger partial charge is 0.0912 e. The predicted octanol–water partition coefficient (Wildman–Crippen LogP) is 4.31. The Hall–Kier alpha value is -0.340. The highest BCUT2D eigenvalue weighted by Gasteiger charge is 2.24. The van der Waals surface area contributed by atoms with Crippen molar-refractivity contribution in [3.8, 4) is 0 Å². The summed E-state index contributed by atoms with van der Waals surface area (Å²) in [5, 5.41) is 12.6. The largest absolute Gasteiger partial charge is 0.387 e. The molecule has 0 spiro atoms. The summed E-state index contributed by atoms with van der Waals surface area (Å²) in [5.41, 5.74) is 1.35. The number of thiophene rings is 1. The van der Waals surface area contributed by atoms with E-state index in [9.17, 15) is 5.11 Å².